The van der Waals surface area contributed by atoms with Crippen LogP contribution in [0.4, 0.5) is 0 Å². The van der Waals surface area contributed by atoms with E-state index in [1.54, 1.807) is 10.9 Å². The SMILES string of the molecule is C[C@H]1CN(S(=O)(=O)c2cnn(-c3ccccc3)c2)[C@@H](C)CO1. The van der Waals surface area contributed by atoms with Crippen LogP contribution in [0.5, 0.6) is 0 Å². The van der Waals surface area contributed by atoms with E-state index < -0.39 is 10.0 Å². The number of ether oxygens (including phenoxy) is 1. The summed E-state index contributed by atoms with van der Waals surface area (Å²) in [6, 6.07) is 9.25. The Morgan fingerprint density at radius 3 is 2.68 bits per heavy atom. The van der Waals surface area contributed by atoms with Gasteiger partial charge in [-0.15, -0.1) is 0 Å². The molecule has 1 fully saturated rings. The van der Waals surface area contributed by atoms with Gasteiger partial charge in [0.05, 0.1) is 30.8 Å². The summed E-state index contributed by atoms with van der Waals surface area (Å²) in [5.41, 5.74) is 0.826. The second-order valence-electron chi connectivity index (χ2n) is 5.52. The molecule has 118 valence electrons. The minimum atomic E-state index is -3.56. The van der Waals surface area contributed by atoms with Gasteiger partial charge in [-0.05, 0) is 26.0 Å². The summed E-state index contributed by atoms with van der Waals surface area (Å²) in [5, 5.41) is 4.17. The maximum absolute atomic E-state index is 12.8. The number of hydrogen-bond acceptors (Lipinski definition) is 4. The van der Waals surface area contributed by atoms with Crippen molar-refractivity contribution < 1.29 is 13.2 Å². The van der Waals surface area contributed by atoms with Crippen LogP contribution in [0.15, 0.2) is 47.6 Å². The van der Waals surface area contributed by atoms with E-state index in [0.29, 0.717) is 13.2 Å². The molecule has 0 unspecified atom stereocenters. The Labute approximate surface area is 130 Å². The number of aromatic nitrogens is 2. The zero-order valence-corrected chi connectivity index (χ0v) is 13.4. The van der Waals surface area contributed by atoms with Gasteiger partial charge in [-0.25, -0.2) is 13.1 Å². The molecule has 0 N–H and O–H groups in total. The summed E-state index contributed by atoms with van der Waals surface area (Å²) in [6.07, 6.45) is 2.85. The molecule has 1 aliphatic heterocycles. The summed E-state index contributed by atoms with van der Waals surface area (Å²) < 4.78 is 34.2. The van der Waals surface area contributed by atoms with E-state index in [2.05, 4.69) is 5.10 Å². The number of morpholine rings is 1. The average molecular weight is 321 g/mol. The standard InChI is InChI=1S/C15H19N3O3S/c1-12-11-21-13(2)9-18(12)22(19,20)15-8-16-17(10-15)14-6-4-3-5-7-14/h3-8,10,12-13H,9,11H2,1-2H3/t12-,13-/m0/s1. The van der Waals surface area contributed by atoms with Gasteiger partial charge in [0.1, 0.15) is 4.90 Å². The number of rotatable bonds is 3. The van der Waals surface area contributed by atoms with Crippen molar-refractivity contribution in [1.82, 2.24) is 14.1 Å². The molecule has 0 aliphatic carbocycles. The lowest BCUT2D eigenvalue weighted by Crippen LogP contribution is -2.49. The summed E-state index contributed by atoms with van der Waals surface area (Å²) in [5.74, 6) is 0. The zero-order valence-electron chi connectivity index (χ0n) is 12.6. The van der Waals surface area contributed by atoms with Gasteiger partial charge in [-0.2, -0.15) is 9.40 Å². The molecule has 1 aromatic heterocycles. The molecule has 1 saturated heterocycles. The van der Waals surface area contributed by atoms with Crippen molar-refractivity contribution in [3.8, 4) is 5.69 Å². The molecule has 6 nitrogen and oxygen atoms in total. The van der Waals surface area contributed by atoms with Gasteiger partial charge in [0.15, 0.2) is 0 Å². The minimum absolute atomic E-state index is 0.102. The van der Waals surface area contributed by atoms with Crippen molar-refractivity contribution >= 4 is 10.0 Å². The lowest BCUT2D eigenvalue weighted by molar-refractivity contribution is -0.0170. The first-order valence-electron chi connectivity index (χ1n) is 7.22. The highest BCUT2D eigenvalue weighted by atomic mass is 32.2. The molecular formula is C15H19N3O3S. The molecule has 7 heteroatoms. The molecule has 0 amide bonds. The average Bonchev–Trinajstić information content (AvgIpc) is 3.01. The number of benzene rings is 1. The number of para-hydroxylation sites is 1. The van der Waals surface area contributed by atoms with Crippen molar-refractivity contribution in [2.24, 2.45) is 0 Å². The largest absolute Gasteiger partial charge is 0.375 e. The molecule has 0 saturated carbocycles. The Kier molecular flexibility index (Phi) is 4.03. The second kappa shape index (κ2) is 5.83. The Bertz CT molecular complexity index is 742. The number of hydrogen-bond donors (Lipinski definition) is 0. The molecule has 2 heterocycles. The first-order chi connectivity index (χ1) is 10.5. The lowest BCUT2D eigenvalue weighted by atomic mass is 10.2. The molecule has 0 spiro atoms. The van der Waals surface area contributed by atoms with Crippen molar-refractivity contribution in [3.63, 3.8) is 0 Å². The summed E-state index contributed by atoms with van der Waals surface area (Å²) >= 11 is 0. The van der Waals surface area contributed by atoms with Crippen LogP contribution in [0, 0.1) is 0 Å². The summed E-state index contributed by atoms with van der Waals surface area (Å²) in [7, 11) is -3.56. The quantitative estimate of drug-likeness (QED) is 0.862. The van der Waals surface area contributed by atoms with E-state index in [1.807, 2.05) is 44.2 Å². The molecular weight excluding hydrogens is 302 g/mol. The predicted octanol–water partition coefficient (Wildman–Crippen LogP) is 1.67. The Morgan fingerprint density at radius 1 is 1.23 bits per heavy atom. The maximum atomic E-state index is 12.8. The van der Waals surface area contributed by atoms with Crippen LogP contribution >= 0.6 is 0 Å². The fourth-order valence-corrected chi connectivity index (χ4v) is 4.13. The molecule has 2 aromatic rings. The van der Waals surface area contributed by atoms with Crippen LogP contribution in [0.2, 0.25) is 0 Å². The maximum Gasteiger partial charge on any atom is 0.246 e. The molecule has 1 aliphatic rings. The number of sulfonamides is 1. The van der Waals surface area contributed by atoms with Gasteiger partial charge in [0, 0.05) is 12.6 Å². The fraction of sp³-hybridized carbons (Fsp3) is 0.400. The molecule has 3 rings (SSSR count). The van der Waals surface area contributed by atoms with Crippen LogP contribution in [0.1, 0.15) is 13.8 Å². The Hall–Kier alpha value is -1.70. The molecule has 22 heavy (non-hydrogen) atoms. The highest BCUT2D eigenvalue weighted by Crippen LogP contribution is 2.22. The van der Waals surface area contributed by atoms with Crippen LogP contribution in [-0.2, 0) is 14.8 Å². The van der Waals surface area contributed by atoms with Crippen molar-refractivity contribution in [2.45, 2.75) is 30.9 Å². The van der Waals surface area contributed by atoms with Gasteiger partial charge in [0.25, 0.3) is 0 Å². The van der Waals surface area contributed by atoms with Crippen LogP contribution in [0.3, 0.4) is 0 Å². The first-order valence-corrected chi connectivity index (χ1v) is 8.66. The van der Waals surface area contributed by atoms with Gasteiger partial charge in [-0.3, -0.25) is 0 Å². The van der Waals surface area contributed by atoms with E-state index in [-0.39, 0.29) is 17.0 Å². The van der Waals surface area contributed by atoms with Crippen LogP contribution < -0.4 is 0 Å². The Balaban J connectivity index is 1.91. The van der Waals surface area contributed by atoms with Crippen molar-refractivity contribution in [2.75, 3.05) is 13.2 Å². The highest BCUT2D eigenvalue weighted by molar-refractivity contribution is 7.89. The van der Waals surface area contributed by atoms with E-state index in [0.717, 1.165) is 5.69 Å². The fourth-order valence-electron chi connectivity index (χ4n) is 2.50. The highest BCUT2D eigenvalue weighted by Gasteiger charge is 2.34. The number of nitrogens with zero attached hydrogens (tertiary/aromatic N) is 3. The first kappa shape index (κ1) is 15.2. The summed E-state index contributed by atoms with van der Waals surface area (Å²) in [6.45, 7) is 4.50. The van der Waals surface area contributed by atoms with Crippen molar-refractivity contribution in [1.29, 1.82) is 0 Å². The van der Waals surface area contributed by atoms with Gasteiger partial charge in [-0.1, -0.05) is 18.2 Å². The molecule has 1 aromatic carbocycles. The van der Waals surface area contributed by atoms with E-state index in [9.17, 15) is 8.42 Å². The summed E-state index contributed by atoms with van der Waals surface area (Å²) in [4.78, 5) is 0.206. The zero-order chi connectivity index (χ0) is 15.7. The van der Waals surface area contributed by atoms with E-state index in [1.165, 1.54) is 10.5 Å². The molecule has 2 atom stereocenters. The monoisotopic (exact) mass is 321 g/mol. The normalized spacial score (nSPS) is 23.5. The van der Waals surface area contributed by atoms with E-state index in [4.69, 9.17) is 4.74 Å². The van der Waals surface area contributed by atoms with Gasteiger partial charge in [0.2, 0.25) is 10.0 Å². The predicted molar refractivity (Wildman–Crippen MR) is 82.3 cm³/mol. The van der Waals surface area contributed by atoms with Gasteiger partial charge >= 0.3 is 0 Å². The third kappa shape index (κ3) is 2.79. The third-order valence-corrected chi connectivity index (χ3v) is 5.67. The van der Waals surface area contributed by atoms with Crippen LogP contribution in [-0.4, -0.2) is 47.8 Å². The Morgan fingerprint density at radius 2 is 1.95 bits per heavy atom. The minimum Gasteiger partial charge on any atom is -0.375 e. The van der Waals surface area contributed by atoms with Gasteiger partial charge < -0.3 is 4.74 Å². The molecule has 0 radical (unpaired) electrons. The van der Waals surface area contributed by atoms with Crippen molar-refractivity contribution in [3.05, 3.63) is 42.7 Å². The third-order valence-electron chi connectivity index (χ3n) is 3.74. The lowest BCUT2D eigenvalue weighted by Gasteiger charge is -2.35. The topological polar surface area (TPSA) is 64.4 Å². The molecule has 0 bridgehead atoms. The van der Waals surface area contributed by atoms with E-state index >= 15 is 0 Å². The second-order valence-corrected chi connectivity index (χ2v) is 7.41. The smallest absolute Gasteiger partial charge is 0.246 e. The van der Waals surface area contributed by atoms with Crippen LogP contribution in [0.25, 0.3) is 5.69 Å².